The smallest absolute Gasteiger partial charge is 0.244 e. The number of amidine groups is 1. The van der Waals surface area contributed by atoms with Crippen molar-refractivity contribution in [2.75, 3.05) is 28.3 Å². The van der Waals surface area contributed by atoms with Gasteiger partial charge in [-0.3, -0.25) is 9.79 Å². The van der Waals surface area contributed by atoms with Crippen LogP contribution in [0.15, 0.2) is 53.5 Å². The third-order valence-corrected chi connectivity index (χ3v) is 8.28. The van der Waals surface area contributed by atoms with E-state index < -0.39 is 9.84 Å². The Bertz CT molecular complexity index is 1070. The summed E-state index contributed by atoms with van der Waals surface area (Å²) in [6.07, 6.45) is 0. The van der Waals surface area contributed by atoms with E-state index in [1.54, 1.807) is 17.0 Å². The number of nitrogens with zero attached hydrogens (tertiary/aromatic N) is 2. The Morgan fingerprint density at radius 3 is 2.69 bits per heavy atom. The Hall–Kier alpha value is -2.03. The van der Waals surface area contributed by atoms with E-state index in [4.69, 9.17) is 11.6 Å². The number of fused-ring (bicyclic) bond motifs is 1. The van der Waals surface area contributed by atoms with Crippen LogP contribution < -0.4 is 10.2 Å². The van der Waals surface area contributed by atoms with Gasteiger partial charge in [0, 0.05) is 21.6 Å². The highest BCUT2D eigenvalue weighted by molar-refractivity contribution is 8.15. The molecule has 0 unspecified atom stereocenters. The van der Waals surface area contributed by atoms with Crippen LogP contribution in [0.3, 0.4) is 0 Å². The predicted octanol–water partition coefficient (Wildman–Crippen LogP) is 3.36. The number of thioether (sulfide) groups is 1. The average Bonchev–Trinajstić information content (AvgIpc) is 3.15. The first-order chi connectivity index (χ1) is 13.8. The van der Waals surface area contributed by atoms with Gasteiger partial charge in [0.25, 0.3) is 0 Å². The van der Waals surface area contributed by atoms with E-state index in [0.29, 0.717) is 10.2 Å². The van der Waals surface area contributed by atoms with E-state index >= 15 is 0 Å². The monoisotopic (exact) mass is 449 g/mol. The summed E-state index contributed by atoms with van der Waals surface area (Å²) in [5.41, 5.74) is 2.57. The van der Waals surface area contributed by atoms with Gasteiger partial charge < -0.3 is 10.2 Å². The van der Waals surface area contributed by atoms with Crippen molar-refractivity contribution in [1.82, 2.24) is 0 Å². The summed E-state index contributed by atoms with van der Waals surface area (Å²) in [5, 5.41) is 4.00. The Morgan fingerprint density at radius 1 is 1.24 bits per heavy atom. The van der Waals surface area contributed by atoms with Crippen molar-refractivity contribution in [3.05, 3.63) is 59.1 Å². The molecule has 2 atom stereocenters. The second-order valence-corrected chi connectivity index (χ2v) is 11.0. The molecule has 0 bridgehead atoms. The standard InChI is InChI=1S/C20H20ClN3O3S2/c1-13-5-7-15(8-6-13)22-19(25)10-24(16-4-2-3-14(21)9-16)20-23-17-11-29(26,27)12-18(17)28-20/h2-9,17-18H,10-12H2,1H3,(H,22,25)/t17-,18-/m1/s1. The number of benzene rings is 2. The molecule has 0 saturated carbocycles. The molecule has 0 aliphatic carbocycles. The van der Waals surface area contributed by atoms with Crippen molar-refractivity contribution in [3.63, 3.8) is 0 Å². The Balaban J connectivity index is 1.56. The molecule has 6 nitrogen and oxygen atoms in total. The molecule has 2 aromatic carbocycles. The van der Waals surface area contributed by atoms with Gasteiger partial charge in [0.1, 0.15) is 6.54 Å². The average molecular weight is 450 g/mol. The van der Waals surface area contributed by atoms with Crippen LogP contribution >= 0.6 is 23.4 Å². The number of rotatable bonds is 4. The fourth-order valence-corrected chi connectivity index (χ4v) is 7.33. The number of aliphatic imine (C=N–C) groups is 1. The molecule has 9 heteroatoms. The Labute approximate surface area is 179 Å². The molecule has 1 fully saturated rings. The number of anilines is 2. The Morgan fingerprint density at radius 2 is 2.00 bits per heavy atom. The number of aryl methyl sites for hydroxylation is 1. The molecule has 2 aliphatic rings. The predicted molar refractivity (Wildman–Crippen MR) is 120 cm³/mol. The molecule has 4 rings (SSSR count). The maximum absolute atomic E-state index is 12.7. The number of hydrogen-bond acceptors (Lipinski definition) is 6. The molecule has 0 aromatic heterocycles. The molecule has 2 aliphatic heterocycles. The number of nitrogens with one attached hydrogen (secondary N) is 1. The van der Waals surface area contributed by atoms with Crippen molar-refractivity contribution >= 4 is 55.6 Å². The third kappa shape index (κ3) is 4.76. The van der Waals surface area contributed by atoms with Crippen molar-refractivity contribution in [3.8, 4) is 0 Å². The zero-order chi connectivity index (χ0) is 20.6. The van der Waals surface area contributed by atoms with E-state index in [0.717, 1.165) is 16.9 Å². The largest absolute Gasteiger partial charge is 0.325 e. The highest BCUT2D eigenvalue weighted by atomic mass is 35.5. The van der Waals surface area contributed by atoms with Gasteiger partial charge in [0.15, 0.2) is 15.0 Å². The lowest BCUT2D eigenvalue weighted by atomic mass is 10.2. The molecular formula is C20H20ClN3O3S2. The fourth-order valence-electron chi connectivity index (χ4n) is 3.37. The molecule has 1 amide bonds. The first-order valence-corrected chi connectivity index (χ1v) is 12.2. The molecule has 2 aromatic rings. The van der Waals surface area contributed by atoms with E-state index in [1.807, 2.05) is 43.3 Å². The van der Waals surface area contributed by atoms with Crippen LogP contribution in [0, 0.1) is 6.92 Å². The lowest BCUT2D eigenvalue weighted by molar-refractivity contribution is -0.114. The van der Waals surface area contributed by atoms with Crippen LogP contribution in [-0.2, 0) is 14.6 Å². The third-order valence-electron chi connectivity index (χ3n) is 4.79. The number of amides is 1. The first-order valence-electron chi connectivity index (χ1n) is 9.13. The van der Waals surface area contributed by atoms with Gasteiger partial charge in [0.05, 0.1) is 17.5 Å². The molecule has 29 heavy (non-hydrogen) atoms. The van der Waals surface area contributed by atoms with Crippen molar-refractivity contribution in [2.45, 2.75) is 18.2 Å². The SMILES string of the molecule is Cc1ccc(NC(=O)CN(C2=N[C@@H]3CS(=O)(=O)C[C@H]3S2)c2cccc(Cl)c2)cc1. The van der Waals surface area contributed by atoms with E-state index in [2.05, 4.69) is 10.3 Å². The lowest BCUT2D eigenvalue weighted by Gasteiger charge is -2.24. The lowest BCUT2D eigenvalue weighted by Crippen LogP contribution is -2.36. The van der Waals surface area contributed by atoms with Crippen molar-refractivity contribution in [1.29, 1.82) is 0 Å². The zero-order valence-corrected chi connectivity index (χ0v) is 18.1. The number of carbonyl (C=O) groups is 1. The topological polar surface area (TPSA) is 78.8 Å². The maximum Gasteiger partial charge on any atom is 0.244 e. The molecule has 152 valence electrons. The first kappa shape index (κ1) is 20.3. The van der Waals surface area contributed by atoms with Gasteiger partial charge in [-0.2, -0.15) is 0 Å². The van der Waals surface area contributed by atoms with Crippen LogP contribution in [0.2, 0.25) is 5.02 Å². The highest BCUT2D eigenvalue weighted by Crippen LogP contribution is 2.37. The van der Waals surface area contributed by atoms with Gasteiger partial charge in [-0.25, -0.2) is 8.42 Å². The minimum atomic E-state index is -3.04. The quantitative estimate of drug-likeness (QED) is 0.774. The summed E-state index contributed by atoms with van der Waals surface area (Å²) >= 11 is 7.57. The van der Waals surface area contributed by atoms with Crippen LogP contribution in [0.4, 0.5) is 11.4 Å². The number of sulfone groups is 1. The number of carbonyl (C=O) groups excluding carboxylic acids is 1. The molecule has 0 radical (unpaired) electrons. The molecule has 1 saturated heterocycles. The minimum Gasteiger partial charge on any atom is -0.325 e. The summed E-state index contributed by atoms with van der Waals surface area (Å²) in [7, 11) is -3.04. The van der Waals surface area contributed by atoms with E-state index in [9.17, 15) is 13.2 Å². The van der Waals surface area contributed by atoms with Crippen molar-refractivity contribution < 1.29 is 13.2 Å². The fraction of sp³-hybridized carbons (Fsp3) is 0.300. The minimum absolute atomic E-state index is 0.0479. The Kier molecular flexibility index (Phi) is 5.59. The van der Waals surface area contributed by atoms with Crippen LogP contribution in [0.5, 0.6) is 0 Å². The van der Waals surface area contributed by atoms with Crippen LogP contribution in [0.25, 0.3) is 0 Å². The van der Waals surface area contributed by atoms with Crippen LogP contribution in [-0.4, -0.2) is 48.8 Å². The summed E-state index contributed by atoms with van der Waals surface area (Å²) < 4.78 is 23.7. The summed E-state index contributed by atoms with van der Waals surface area (Å²) in [6.45, 7) is 2.03. The number of hydrogen-bond donors (Lipinski definition) is 1. The maximum atomic E-state index is 12.7. The summed E-state index contributed by atoms with van der Waals surface area (Å²) in [5.74, 6) is -0.0108. The van der Waals surface area contributed by atoms with Gasteiger partial charge in [-0.15, -0.1) is 0 Å². The second kappa shape index (κ2) is 8.01. The van der Waals surface area contributed by atoms with Gasteiger partial charge >= 0.3 is 0 Å². The highest BCUT2D eigenvalue weighted by Gasteiger charge is 2.44. The van der Waals surface area contributed by atoms with E-state index in [1.165, 1.54) is 11.8 Å². The van der Waals surface area contributed by atoms with Crippen molar-refractivity contribution in [2.24, 2.45) is 4.99 Å². The van der Waals surface area contributed by atoms with E-state index in [-0.39, 0.29) is 35.2 Å². The molecule has 1 N–H and O–H groups in total. The number of halogens is 1. The molecule has 0 spiro atoms. The molecule has 2 heterocycles. The summed E-state index contributed by atoms with van der Waals surface area (Å²) in [4.78, 5) is 19.2. The van der Waals surface area contributed by atoms with Gasteiger partial charge in [-0.05, 0) is 37.3 Å². The second-order valence-electron chi connectivity index (χ2n) is 7.19. The van der Waals surface area contributed by atoms with Crippen LogP contribution in [0.1, 0.15) is 5.56 Å². The van der Waals surface area contributed by atoms with Gasteiger partial charge in [-0.1, -0.05) is 47.1 Å². The zero-order valence-electron chi connectivity index (χ0n) is 15.7. The van der Waals surface area contributed by atoms with Gasteiger partial charge in [0.2, 0.25) is 5.91 Å². The molecular weight excluding hydrogens is 430 g/mol. The normalized spacial score (nSPS) is 22.1. The summed E-state index contributed by atoms with van der Waals surface area (Å²) in [6, 6.07) is 14.5.